The standard InChI is InChI=1S/C18H25FN4/c1-3-8-23-15(2)16(13-20-23)14-21-9-11-22(12-10-21)18-7-5-4-6-17(18)19/h4-7,13H,3,8-12,14H2,1-2H3. The Hall–Kier alpha value is -1.88. The molecule has 23 heavy (non-hydrogen) atoms. The Kier molecular flexibility index (Phi) is 4.96. The largest absolute Gasteiger partial charge is 0.367 e. The average molecular weight is 316 g/mol. The Balaban J connectivity index is 1.58. The van der Waals surface area contributed by atoms with Gasteiger partial charge in [0.25, 0.3) is 0 Å². The number of nitrogens with zero attached hydrogens (tertiary/aromatic N) is 4. The summed E-state index contributed by atoms with van der Waals surface area (Å²) in [7, 11) is 0. The molecular formula is C18H25FN4. The SMILES string of the molecule is CCCn1ncc(CN2CCN(c3ccccc3F)CC2)c1C. The fourth-order valence-electron chi connectivity index (χ4n) is 3.17. The second-order valence-corrected chi connectivity index (χ2v) is 6.19. The van der Waals surface area contributed by atoms with Gasteiger partial charge in [-0.25, -0.2) is 4.39 Å². The highest BCUT2D eigenvalue weighted by Gasteiger charge is 2.20. The van der Waals surface area contributed by atoms with Crippen LogP contribution in [0, 0.1) is 12.7 Å². The summed E-state index contributed by atoms with van der Waals surface area (Å²) in [6.45, 7) is 9.86. The van der Waals surface area contributed by atoms with Crippen LogP contribution in [0.1, 0.15) is 24.6 Å². The molecule has 0 spiro atoms. The van der Waals surface area contributed by atoms with Gasteiger partial charge in [0, 0.05) is 50.5 Å². The maximum absolute atomic E-state index is 13.9. The van der Waals surface area contributed by atoms with E-state index in [1.54, 1.807) is 6.07 Å². The van der Waals surface area contributed by atoms with Crippen LogP contribution in [0.25, 0.3) is 0 Å². The quantitative estimate of drug-likeness (QED) is 0.847. The molecule has 3 rings (SSSR count). The van der Waals surface area contributed by atoms with Crippen molar-refractivity contribution in [3.05, 3.63) is 47.5 Å². The Morgan fingerprint density at radius 1 is 1.13 bits per heavy atom. The smallest absolute Gasteiger partial charge is 0.146 e. The molecular weight excluding hydrogens is 291 g/mol. The summed E-state index contributed by atoms with van der Waals surface area (Å²) in [6, 6.07) is 7.04. The summed E-state index contributed by atoms with van der Waals surface area (Å²) in [6.07, 6.45) is 3.09. The number of para-hydroxylation sites is 1. The van der Waals surface area contributed by atoms with Gasteiger partial charge >= 0.3 is 0 Å². The van der Waals surface area contributed by atoms with Gasteiger partial charge in [0.05, 0.1) is 11.9 Å². The van der Waals surface area contributed by atoms with Crippen molar-refractivity contribution in [3.8, 4) is 0 Å². The third kappa shape index (κ3) is 3.55. The highest BCUT2D eigenvalue weighted by Crippen LogP contribution is 2.21. The molecule has 4 nitrogen and oxygen atoms in total. The van der Waals surface area contributed by atoms with Crippen molar-refractivity contribution < 1.29 is 4.39 Å². The second kappa shape index (κ2) is 7.13. The van der Waals surface area contributed by atoms with Crippen molar-refractivity contribution in [2.45, 2.75) is 33.4 Å². The van der Waals surface area contributed by atoms with Crippen LogP contribution >= 0.6 is 0 Å². The molecule has 1 fully saturated rings. The lowest BCUT2D eigenvalue weighted by Gasteiger charge is -2.36. The van der Waals surface area contributed by atoms with Crippen molar-refractivity contribution >= 4 is 5.69 Å². The first kappa shape index (κ1) is 16.0. The molecule has 0 N–H and O–H groups in total. The van der Waals surface area contributed by atoms with E-state index in [1.807, 2.05) is 18.3 Å². The van der Waals surface area contributed by atoms with Gasteiger partial charge in [0.2, 0.25) is 0 Å². The second-order valence-electron chi connectivity index (χ2n) is 6.19. The molecule has 1 aromatic heterocycles. The molecule has 0 bridgehead atoms. The predicted octanol–water partition coefficient (Wildman–Crippen LogP) is 3.06. The van der Waals surface area contributed by atoms with Crippen LogP contribution in [0.2, 0.25) is 0 Å². The summed E-state index contributed by atoms with van der Waals surface area (Å²) in [5.41, 5.74) is 3.29. The number of rotatable bonds is 5. The fourth-order valence-corrected chi connectivity index (χ4v) is 3.17. The van der Waals surface area contributed by atoms with Gasteiger partial charge in [0.1, 0.15) is 5.82 Å². The van der Waals surface area contributed by atoms with E-state index < -0.39 is 0 Å². The maximum Gasteiger partial charge on any atom is 0.146 e. The molecule has 0 saturated carbocycles. The van der Waals surface area contributed by atoms with Gasteiger partial charge in [0.15, 0.2) is 0 Å². The molecule has 1 aliphatic heterocycles. The van der Waals surface area contributed by atoms with Crippen LogP contribution in [0.5, 0.6) is 0 Å². The molecule has 1 saturated heterocycles. The summed E-state index contributed by atoms with van der Waals surface area (Å²) in [5.74, 6) is -0.127. The van der Waals surface area contributed by atoms with Gasteiger partial charge in [-0.15, -0.1) is 0 Å². The highest BCUT2D eigenvalue weighted by molar-refractivity contribution is 5.48. The maximum atomic E-state index is 13.9. The molecule has 0 amide bonds. The van der Waals surface area contributed by atoms with Crippen molar-refractivity contribution in [2.24, 2.45) is 0 Å². The van der Waals surface area contributed by atoms with Crippen molar-refractivity contribution in [2.75, 3.05) is 31.1 Å². The normalized spacial score (nSPS) is 16.0. The predicted molar refractivity (Wildman–Crippen MR) is 91.1 cm³/mol. The summed E-state index contributed by atoms with van der Waals surface area (Å²) < 4.78 is 16.0. The van der Waals surface area contributed by atoms with E-state index in [1.165, 1.54) is 17.3 Å². The molecule has 1 aromatic carbocycles. The minimum atomic E-state index is -0.127. The lowest BCUT2D eigenvalue weighted by molar-refractivity contribution is 0.248. The van der Waals surface area contributed by atoms with Crippen LogP contribution in [0.4, 0.5) is 10.1 Å². The number of hydrogen-bond acceptors (Lipinski definition) is 3. The lowest BCUT2D eigenvalue weighted by Crippen LogP contribution is -2.46. The Labute approximate surface area is 137 Å². The first-order chi connectivity index (χ1) is 11.2. The Morgan fingerprint density at radius 2 is 1.87 bits per heavy atom. The summed E-state index contributed by atoms with van der Waals surface area (Å²) >= 11 is 0. The third-order valence-corrected chi connectivity index (χ3v) is 4.60. The number of aryl methyl sites for hydroxylation is 1. The first-order valence-electron chi connectivity index (χ1n) is 8.42. The van der Waals surface area contributed by atoms with E-state index >= 15 is 0 Å². The number of halogens is 1. The molecule has 0 aliphatic carbocycles. The zero-order valence-electron chi connectivity index (χ0n) is 14.0. The molecule has 0 atom stereocenters. The van der Waals surface area contributed by atoms with Gasteiger partial charge in [-0.3, -0.25) is 9.58 Å². The van der Waals surface area contributed by atoms with Crippen LogP contribution in [0.3, 0.4) is 0 Å². The molecule has 2 aromatic rings. The number of anilines is 1. The number of piperazine rings is 1. The third-order valence-electron chi connectivity index (χ3n) is 4.60. The van der Waals surface area contributed by atoms with E-state index in [4.69, 9.17) is 0 Å². The topological polar surface area (TPSA) is 24.3 Å². The molecule has 5 heteroatoms. The van der Waals surface area contributed by atoms with Crippen molar-refractivity contribution in [1.29, 1.82) is 0 Å². The zero-order valence-corrected chi connectivity index (χ0v) is 14.0. The van der Waals surface area contributed by atoms with Gasteiger partial charge in [-0.1, -0.05) is 19.1 Å². The average Bonchev–Trinajstić information content (AvgIpc) is 2.90. The van der Waals surface area contributed by atoms with Crippen LogP contribution < -0.4 is 4.90 Å². The van der Waals surface area contributed by atoms with E-state index in [9.17, 15) is 4.39 Å². The monoisotopic (exact) mass is 316 g/mol. The fraction of sp³-hybridized carbons (Fsp3) is 0.500. The van der Waals surface area contributed by atoms with E-state index in [0.717, 1.165) is 51.4 Å². The number of hydrogen-bond donors (Lipinski definition) is 0. The lowest BCUT2D eigenvalue weighted by atomic mass is 10.2. The minimum Gasteiger partial charge on any atom is -0.367 e. The summed E-state index contributed by atoms with van der Waals surface area (Å²) in [5, 5.41) is 4.48. The zero-order chi connectivity index (χ0) is 16.2. The highest BCUT2D eigenvalue weighted by atomic mass is 19.1. The molecule has 0 radical (unpaired) electrons. The van der Waals surface area contributed by atoms with Crippen molar-refractivity contribution in [1.82, 2.24) is 14.7 Å². The molecule has 0 unspecified atom stereocenters. The summed E-state index contributed by atoms with van der Waals surface area (Å²) in [4.78, 5) is 4.57. The Morgan fingerprint density at radius 3 is 2.57 bits per heavy atom. The van der Waals surface area contributed by atoms with Gasteiger partial charge in [-0.05, 0) is 25.5 Å². The van der Waals surface area contributed by atoms with Gasteiger partial charge < -0.3 is 4.90 Å². The molecule has 2 heterocycles. The van der Waals surface area contributed by atoms with E-state index in [-0.39, 0.29) is 5.82 Å². The van der Waals surface area contributed by atoms with Crippen LogP contribution in [0.15, 0.2) is 30.5 Å². The first-order valence-corrected chi connectivity index (χ1v) is 8.42. The van der Waals surface area contributed by atoms with Gasteiger partial charge in [-0.2, -0.15) is 5.10 Å². The number of aromatic nitrogens is 2. The Bertz CT molecular complexity index is 644. The van der Waals surface area contributed by atoms with E-state index in [2.05, 4.69) is 33.4 Å². The number of benzene rings is 1. The minimum absolute atomic E-state index is 0.127. The van der Waals surface area contributed by atoms with E-state index in [0.29, 0.717) is 0 Å². The van der Waals surface area contributed by atoms with Crippen LogP contribution in [-0.4, -0.2) is 40.9 Å². The molecule has 124 valence electrons. The van der Waals surface area contributed by atoms with Crippen LogP contribution in [-0.2, 0) is 13.1 Å². The molecule has 1 aliphatic rings. The van der Waals surface area contributed by atoms with Crippen molar-refractivity contribution in [3.63, 3.8) is 0 Å².